The molecule has 0 N–H and O–H groups in total. The standard InChI is InChI=1S/C11H15IO5/c1-8(2)10(13)16-6-4-15-5-7-17-11(14)9(3)12/h1,3-7H2,2H3. The number of halogens is 1. The number of ether oxygens (including phenoxy) is 3. The largest absolute Gasteiger partial charge is 0.460 e. The van der Waals surface area contributed by atoms with Crippen LogP contribution in [0.25, 0.3) is 0 Å². The first-order valence-electron chi connectivity index (χ1n) is 4.87. The summed E-state index contributed by atoms with van der Waals surface area (Å²) >= 11 is 1.78. The molecule has 0 bridgehead atoms. The zero-order valence-corrected chi connectivity index (χ0v) is 11.8. The molecule has 0 unspecified atom stereocenters. The molecule has 0 aromatic carbocycles. The van der Waals surface area contributed by atoms with Gasteiger partial charge in [-0.25, -0.2) is 9.59 Å². The molecule has 0 fully saturated rings. The van der Waals surface area contributed by atoms with Crippen molar-refractivity contribution in [2.24, 2.45) is 0 Å². The Hall–Kier alpha value is -0.890. The van der Waals surface area contributed by atoms with E-state index >= 15 is 0 Å². The summed E-state index contributed by atoms with van der Waals surface area (Å²) in [5.74, 6) is -0.899. The molecule has 0 saturated heterocycles. The van der Waals surface area contributed by atoms with Crippen molar-refractivity contribution in [3.05, 3.63) is 22.3 Å². The lowest BCUT2D eigenvalue weighted by atomic mass is 10.4. The molecule has 5 nitrogen and oxygen atoms in total. The van der Waals surface area contributed by atoms with Gasteiger partial charge in [-0.05, 0) is 29.5 Å². The molecule has 0 amide bonds. The quantitative estimate of drug-likeness (QED) is 0.287. The molecule has 0 radical (unpaired) electrons. The molecular formula is C11H15IO5. The summed E-state index contributed by atoms with van der Waals surface area (Å²) in [4.78, 5) is 21.9. The van der Waals surface area contributed by atoms with Gasteiger partial charge in [0.05, 0.1) is 16.8 Å². The molecule has 0 rings (SSSR count). The van der Waals surface area contributed by atoms with Gasteiger partial charge in [0, 0.05) is 5.57 Å². The van der Waals surface area contributed by atoms with Gasteiger partial charge in [-0.15, -0.1) is 0 Å². The summed E-state index contributed by atoms with van der Waals surface area (Å²) in [5.41, 5.74) is 0.347. The third-order valence-corrected chi connectivity index (χ3v) is 1.93. The van der Waals surface area contributed by atoms with E-state index in [1.54, 1.807) is 29.5 Å². The average molecular weight is 354 g/mol. The lowest BCUT2D eigenvalue weighted by molar-refractivity contribution is -0.141. The number of carbonyl (C=O) groups excluding carboxylic acids is 2. The molecule has 17 heavy (non-hydrogen) atoms. The highest BCUT2D eigenvalue weighted by atomic mass is 127. The summed E-state index contributed by atoms with van der Waals surface area (Å²) < 4.78 is 15.0. The van der Waals surface area contributed by atoms with Gasteiger partial charge in [0.15, 0.2) is 0 Å². The Balaban J connectivity index is 3.36. The predicted octanol–water partition coefficient (Wildman–Crippen LogP) is 1.61. The van der Waals surface area contributed by atoms with E-state index in [-0.39, 0.29) is 26.4 Å². The van der Waals surface area contributed by atoms with Crippen molar-refractivity contribution in [1.82, 2.24) is 0 Å². The zero-order valence-electron chi connectivity index (χ0n) is 9.66. The van der Waals surface area contributed by atoms with Gasteiger partial charge < -0.3 is 14.2 Å². The number of hydrogen-bond donors (Lipinski definition) is 0. The summed E-state index contributed by atoms with van der Waals surface area (Å²) in [6.07, 6.45) is 0. The Morgan fingerprint density at radius 3 is 1.88 bits per heavy atom. The van der Waals surface area contributed by atoms with Gasteiger partial charge in [-0.3, -0.25) is 0 Å². The highest BCUT2D eigenvalue weighted by Gasteiger charge is 2.04. The van der Waals surface area contributed by atoms with E-state index in [0.717, 1.165) is 0 Å². The van der Waals surface area contributed by atoms with Crippen LogP contribution in [0.5, 0.6) is 0 Å². The predicted molar refractivity (Wildman–Crippen MR) is 70.7 cm³/mol. The first kappa shape index (κ1) is 16.1. The van der Waals surface area contributed by atoms with Gasteiger partial charge in [0.25, 0.3) is 0 Å². The van der Waals surface area contributed by atoms with Crippen LogP contribution in [0.2, 0.25) is 0 Å². The lowest BCUT2D eigenvalue weighted by Crippen LogP contribution is -2.14. The first-order valence-corrected chi connectivity index (χ1v) is 5.95. The number of hydrogen-bond acceptors (Lipinski definition) is 5. The fourth-order valence-corrected chi connectivity index (χ4v) is 0.846. The maximum Gasteiger partial charge on any atom is 0.343 e. The van der Waals surface area contributed by atoms with Gasteiger partial charge in [0.1, 0.15) is 13.2 Å². The van der Waals surface area contributed by atoms with Crippen molar-refractivity contribution in [2.75, 3.05) is 26.4 Å². The Bertz CT molecular complexity index is 281. The van der Waals surface area contributed by atoms with E-state index in [2.05, 4.69) is 13.2 Å². The number of carbonyl (C=O) groups is 2. The van der Waals surface area contributed by atoms with E-state index < -0.39 is 11.9 Å². The summed E-state index contributed by atoms with van der Waals surface area (Å²) in [6.45, 7) is 9.23. The van der Waals surface area contributed by atoms with Crippen LogP contribution in [0.15, 0.2) is 22.3 Å². The maximum atomic E-state index is 10.9. The minimum atomic E-state index is -0.456. The summed E-state index contributed by atoms with van der Waals surface area (Å²) in [5, 5.41) is 0. The molecule has 0 atom stereocenters. The van der Waals surface area contributed by atoms with Crippen LogP contribution >= 0.6 is 22.6 Å². The van der Waals surface area contributed by atoms with Crippen molar-refractivity contribution >= 4 is 34.5 Å². The van der Waals surface area contributed by atoms with E-state index in [1.165, 1.54) is 0 Å². The van der Waals surface area contributed by atoms with Gasteiger partial charge in [0.2, 0.25) is 0 Å². The Labute approximate surface area is 114 Å². The Morgan fingerprint density at radius 1 is 1.00 bits per heavy atom. The van der Waals surface area contributed by atoms with Crippen LogP contribution in [0.4, 0.5) is 0 Å². The average Bonchev–Trinajstić information content (AvgIpc) is 2.26. The molecule has 0 aliphatic rings. The van der Waals surface area contributed by atoms with E-state index in [4.69, 9.17) is 14.2 Å². The second-order valence-corrected chi connectivity index (χ2v) is 4.37. The molecule has 0 aliphatic carbocycles. The van der Waals surface area contributed by atoms with Crippen LogP contribution in [-0.4, -0.2) is 38.4 Å². The zero-order chi connectivity index (χ0) is 13.3. The highest BCUT2D eigenvalue weighted by Crippen LogP contribution is 2.03. The number of rotatable bonds is 8. The molecule has 0 heterocycles. The Kier molecular flexibility index (Phi) is 8.69. The molecule has 0 spiro atoms. The fourth-order valence-electron chi connectivity index (χ4n) is 0.690. The van der Waals surface area contributed by atoms with Gasteiger partial charge >= 0.3 is 11.9 Å². The minimum absolute atomic E-state index is 0.148. The third kappa shape index (κ3) is 8.87. The summed E-state index contributed by atoms with van der Waals surface area (Å²) in [7, 11) is 0. The highest BCUT2D eigenvalue weighted by molar-refractivity contribution is 14.1. The minimum Gasteiger partial charge on any atom is -0.460 e. The molecular weight excluding hydrogens is 339 g/mol. The third-order valence-electron chi connectivity index (χ3n) is 1.49. The molecule has 96 valence electrons. The lowest BCUT2D eigenvalue weighted by Gasteiger charge is -2.06. The monoisotopic (exact) mass is 354 g/mol. The first-order chi connectivity index (χ1) is 7.95. The summed E-state index contributed by atoms with van der Waals surface area (Å²) in [6, 6.07) is 0. The van der Waals surface area contributed by atoms with Crippen molar-refractivity contribution in [3.8, 4) is 0 Å². The second kappa shape index (κ2) is 9.17. The van der Waals surface area contributed by atoms with E-state index in [1.807, 2.05) is 0 Å². The normalized spacial score (nSPS) is 9.53. The molecule has 0 aromatic rings. The molecule has 0 aliphatic heterocycles. The smallest absolute Gasteiger partial charge is 0.343 e. The Morgan fingerprint density at radius 2 is 1.47 bits per heavy atom. The van der Waals surface area contributed by atoms with Crippen molar-refractivity contribution in [2.45, 2.75) is 6.92 Å². The van der Waals surface area contributed by atoms with Gasteiger partial charge in [-0.1, -0.05) is 13.2 Å². The van der Waals surface area contributed by atoms with Crippen LogP contribution < -0.4 is 0 Å². The molecule has 0 saturated carbocycles. The molecule has 0 aromatic heterocycles. The van der Waals surface area contributed by atoms with E-state index in [0.29, 0.717) is 9.15 Å². The SMILES string of the molecule is C=C(C)C(=O)OCCOCCOC(=O)C(=C)I. The van der Waals surface area contributed by atoms with Crippen LogP contribution in [-0.2, 0) is 23.8 Å². The van der Waals surface area contributed by atoms with Gasteiger partial charge in [-0.2, -0.15) is 0 Å². The maximum absolute atomic E-state index is 10.9. The van der Waals surface area contributed by atoms with Crippen molar-refractivity contribution in [1.29, 1.82) is 0 Å². The molecule has 6 heteroatoms. The van der Waals surface area contributed by atoms with Crippen LogP contribution in [0, 0.1) is 0 Å². The fraction of sp³-hybridized carbons (Fsp3) is 0.455. The van der Waals surface area contributed by atoms with Crippen LogP contribution in [0.3, 0.4) is 0 Å². The van der Waals surface area contributed by atoms with Crippen LogP contribution in [0.1, 0.15) is 6.92 Å². The second-order valence-electron chi connectivity index (χ2n) is 3.07. The number of esters is 2. The van der Waals surface area contributed by atoms with Crippen molar-refractivity contribution < 1.29 is 23.8 Å². The van der Waals surface area contributed by atoms with Crippen molar-refractivity contribution in [3.63, 3.8) is 0 Å². The van der Waals surface area contributed by atoms with E-state index in [9.17, 15) is 9.59 Å². The topological polar surface area (TPSA) is 61.8 Å².